The summed E-state index contributed by atoms with van der Waals surface area (Å²) in [6, 6.07) is 0. The molecule has 5 heteroatoms. The minimum Gasteiger partial charge on any atom is -0.468 e. The molecule has 0 aromatic rings. The molecule has 0 aliphatic carbocycles. The quantitative estimate of drug-likeness (QED) is 0.624. The molecular formula is C13H28N2O3. The van der Waals surface area contributed by atoms with Gasteiger partial charge < -0.3 is 19.7 Å². The van der Waals surface area contributed by atoms with E-state index in [1.807, 2.05) is 27.8 Å². The second-order valence-electron chi connectivity index (χ2n) is 5.05. The number of rotatable bonds is 9. The van der Waals surface area contributed by atoms with Gasteiger partial charge in [0.05, 0.1) is 19.8 Å². The smallest absolute Gasteiger partial charge is 0.325 e. The van der Waals surface area contributed by atoms with Crippen LogP contribution in [0.1, 0.15) is 27.2 Å². The van der Waals surface area contributed by atoms with Crippen LogP contribution in [0.5, 0.6) is 0 Å². The average molecular weight is 260 g/mol. The van der Waals surface area contributed by atoms with E-state index >= 15 is 0 Å². The first-order chi connectivity index (χ1) is 8.35. The van der Waals surface area contributed by atoms with Crippen LogP contribution in [0.4, 0.5) is 0 Å². The van der Waals surface area contributed by atoms with Gasteiger partial charge in [-0.1, -0.05) is 0 Å². The zero-order valence-electron chi connectivity index (χ0n) is 12.6. The summed E-state index contributed by atoms with van der Waals surface area (Å²) in [4.78, 5) is 13.8. The minimum absolute atomic E-state index is 0.225. The van der Waals surface area contributed by atoms with Crippen LogP contribution in [0, 0.1) is 0 Å². The van der Waals surface area contributed by atoms with E-state index in [2.05, 4.69) is 10.2 Å². The molecule has 0 aliphatic rings. The maximum atomic E-state index is 11.7. The monoisotopic (exact) mass is 260 g/mol. The lowest BCUT2D eigenvalue weighted by Crippen LogP contribution is -2.50. The van der Waals surface area contributed by atoms with E-state index in [4.69, 9.17) is 9.47 Å². The second kappa shape index (κ2) is 8.45. The Hall–Kier alpha value is -0.650. The molecule has 0 spiro atoms. The van der Waals surface area contributed by atoms with Crippen molar-refractivity contribution in [2.24, 2.45) is 0 Å². The molecule has 0 fully saturated rings. The first kappa shape index (κ1) is 17.4. The maximum Gasteiger partial charge on any atom is 0.325 e. The Labute approximate surface area is 111 Å². The third kappa shape index (κ3) is 6.33. The summed E-state index contributed by atoms with van der Waals surface area (Å²) >= 11 is 0. The number of carbonyl (C=O) groups excluding carboxylic acids is 1. The van der Waals surface area contributed by atoms with Crippen molar-refractivity contribution in [1.29, 1.82) is 0 Å². The van der Waals surface area contributed by atoms with Gasteiger partial charge in [-0.25, -0.2) is 0 Å². The van der Waals surface area contributed by atoms with Crippen molar-refractivity contribution in [3.05, 3.63) is 0 Å². The molecule has 5 nitrogen and oxygen atoms in total. The topological polar surface area (TPSA) is 50.8 Å². The largest absolute Gasteiger partial charge is 0.468 e. The van der Waals surface area contributed by atoms with Gasteiger partial charge in [0.1, 0.15) is 5.54 Å². The molecule has 0 amide bonds. The zero-order valence-corrected chi connectivity index (χ0v) is 12.6. The lowest BCUT2D eigenvalue weighted by atomic mass is 9.98. The molecule has 108 valence electrons. The zero-order chi connectivity index (χ0) is 14.2. The van der Waals surface area contributed by atoms with Gasteiger partial charge in [-0.3, -0.25) is 4.79 Å². The van der Waals surface area contributed by atoms with E-state index in [1.54, 1.807) is 7.05 Å². The number of methoxy groups -OCH3 is 1. The Kier molecular flexibility index (Phi) is 8.15. The van der Waals surface area contributed by atoms with Crippen molar-refractivity contribution in [3.8, 4) is 0 Å². The van der Waals surface area contributed by atoms with Crippen molar-refractivity contribution in [3.63, 3.8) is 0 Å². The van der Waals surface area contributed by atoms with Crippen molar-refractivity contribution < 1.29 is 14.3 Å². The summed E-state index contributed by atoms with van der Waals surface area (Å²) in [6.07, 6.45) is 0.963. The maximum absolute atomic E-state index is 11.7. The highest BCUT2D eigenvalue weighted by molar-refractivity contribution is 5.80. The molecule has 0 saturated carbocycles. The van der Waals surface area contributed by atoms with Crippen LogP contribution >= 0.6 is 0 Å². The number of nitrogens with one attached hydrogen (secondary N) is 1. The van der Waals surface area contributed by atoms with Crippen LogP contribution < -0.4 is 5.32 Å². The molecular weight excluding hydrogens is 232 g/mol. The van der Waals surface area contributed by atoms with Crippen molar-refractivity contribution in [2.75, 3.05) is 40.9 Å². The first-order valence-corrected chi connectivity index (χ1v) is 6.43. The van der Waals surface area contributed by atoms with Gasteiger partial charge in [-0.2, -0.15) is 0 Å². The van der Waals surface area contributed by atoms with E-state index in [-0.39, 0.29) is 12.1 Å². The molecule has 0 radical (unpaired) electrons. The van der Waals surface area contributed by atoms with Gasteiger partial charge in [-0.15, -0.1) is 0 Å². The number of likely N-dealkylation sites (N-methyl/N-ethyl adjacent to an activating group) is 2. The lowest BCUT2D eigenvalue weighted by molar-refractivity contribution is -0.148. The van der Waals surface area contributed by atoms with Gasteiger partial charge in [0.2, 0.25) is 0 Å². The standard InChI is InChI=1S/C13H28N2O3/c1-11(2)18-10-9-15(5)8-7-13(3,14-4)12(16)17-6/h11,14H,7-10H2,1-6H3. The predicted molar refractivity (Wildman–Crippen MR) is 72.7 cm³/mol. The van der Waals surface area contributed by atoms with E-state index in [1.165, 1.54) is 7.11 Å². The van der Waals surface area contributed by atoms with Crippen LogP contribution in [-0.2, 0) is 14.3 Å². The second-order valence-corrected chi connectivity index (χ2v) is 5.05. The third-order valence-corrected chi connectivity index (χ3v) is 3.11. The van der Waals surface area contributed by atoms with Crippen LogP contribution in [0.3, 0.4) is 0 Å². The Bertz CT molecular complexity index is 246. The SMILES string of the molecule is CNC(C)(CCN(C)CCOC(C)C)C(=O)OC. The number of hydrogen-bond donors (Lipinski definition) is 1. The number of carbonyl (C=O) groups is 1. The fraction of sp³-hybridized carbons (Fsp3) is 0.923. The Balaban J connectivity index is 4.01. The van der Waals surface area contributed by atoms with E-state index in [0.717, 1.165) is 13.1 Å². The number of esters is 1. The first-order valence-electron chi connectivity index (χ1n) is 6.43. The fourth-order valence-corrected chi connectivity index (χ4v) is 1.52. The van der Waals surface area contributed by atoms with Crippen LogP contribution in [0.25, 0.3) is 0 Å². The highest BCUT2D eigenvalue weighted by Gasteiger charge is 2.32. The minimum atomic E-state index is -0.623. The van der Waals surface area contributed by atoms with E-state index < -0.39 is 5.54 Å². The van der Waals surface area contributed by atoms with Gasteiger partial charge in [0.25, 0.3) is 0 Å². The highest BCUT2D eigenvalue weighted by atomic mass is 16.5. The molecule has 1 N–H and O–H groups in total. The van der Waals surface area contributed by atoms with Crippen LogP contribution in [-0.4, -0.2) is 63.4 Å². The molecule has 0 rings (SSSR count). The molecule has 0 aliphatic heterocycles. The molecule has 18 heavy (non-hydrogen) atoms. The van der Waals surface area contributed by atoms with Crippen LogP contribution in [0.2, 0.25) is 0 Å². The molecule has 1 unspecified atom stereocenters. The lowest BCUT2D eigenvalue weighted by Gasteiger charge is -2.28. The van der Waals surface area contributed by atoms with Crippen molar-refractivity contribution in [1.82, 2.24) is 10.2 Å². The number of ether oxygens (including phenoxy) is 2. The molecule has 0 bridgehead atoms. The third-order valence-electron chi connectivity index (χ3n) is 3.11. The van der Waals surface area contributed by atoms with E-state index in [9.17, 15) is 4.79 Å². The van der Waals surface area contributed by atoms with Gasteiger partial charge in [0.15, 0.2) is 0 Å². The van der Waals surface area contributed by atoms with Crippen LogP contribution in [0.15, 0.2) is 0 Å². The summed E-state index contributed by atoms with van der Waals surface area (Å²) in [5, 5.41) is 3.03. The molecule has 1 atom stereocenters. The van der Waals surface area contributed by atoms with Crippen molar-refractivity contribution >= 4 is 5.97 Å². The van der Waals surface area contributed by atoms with Gasteiger partial charge in [-0.05, 0) is 41.3 Å². The van der Waals surface area contributed by atoms with Crippen molar-refractivity contribution in [2.45, 2.75) is 38.8 Å². The van der Waals surface area contributed by atoms with Gasteiger partial charge >= 0.3 is 5.97 Å². The highest BCUT2D eigenvalue weighted by Crippen LogP contribution is 2.11. The Morgan fingerprint density at radius 3 is 2.44 bits per heavy atom. The summed E-state index contributed by atoms with van der Waals surface area (Å²) in [7, 11) is 5.22. The predicted octanol–water partition coefficient (Wildman–Crippen LogP) is 0.884. The normalized spacial score (nSPS) is 14.9. The molecule has 0 aromatic carbocycles. The summed E-state index contributed by atoms with van der Waals surface area (Å²) < 4.78 is 10.3. The molecule has 0 saturated heterocycles. The van der Waals surface area contributed by atoms with Gasteiger partial charge in [0, 0.05) is 13.1 Å². The number of hydrogen-bond acceptors (Lipinski definition) is 5. The summed E-state index contributed by atoms with van der Waals surface area (Å²) in [5.41, 5.74) is -0.623. The molecule has 0 heterocycles. The molecule has 0 aromatic heterocycles. The Morgan fingerprint density at radius 1 is 1.39 bits per heavy atom. The number of nitrogens with zero attached hydrogens (tertiary/aromatic N) is 1. The summed E-state index contributed by atoms with van der Waals surface area (Å²) in [5.74, 6) is -0.225. The fourth-order valence-electron chi connectivity index (χ4n) is 1.52. The van der Waals surface area contributed by atoms with E-state index in [0.29, 0.717) is 13.0 Å². The summed E-state index contributed by atoms with van der Waals surface area (Å²) in [6.45, 7) is 8.29. The Morgan fingerprint density at radius 2 is 2.00 bits per heavy atom. The average Bonchev–Trinajstić information content (AvgIpc) is 2.34.